The lowest BCUT2D eigenvalue weighted by Crippen LogP contribution is -2.45. The number of aliphatic hydroxyl groups is 1. The van der Waals surface area contributed by atoms with Crippen LogP contribution in [-0.4, -0.2) is 29.4 Å². The van der Waals surface area contributed by atoms with Crippen LogP contribution in [0.4, 0.5) is 13.2 Å². The lowest BCUT2D eigenvalue weighted by Gasteiger charge is -2.43. The van der Waals surface area contributed by atoms with Gasteiger partial charge in [0.05, 0.1) is 31.3 Å². The summed E-state index contributed by atoms with van der Waals surface area (Å²) in [6.07, 6.45) is -1.91. The molecule has 0 amide bonds. The van der Waals surface area contributed by atoms with Crippen LogP contribution in [0.2, 0.25) is 10.0 Å². The number of fused-ring (bicyclic) bond motifs is 3. The van der Waals surface area contributed by atoms with Gasteiger partial charge in [-0.25, -0.2) is 0 Å². The Bertz CT molecular complexity index is 1140. The van der Waals surface area contributed by atoms with E-state index in [0.29, 0.717) is 45.2 Å². The van der Waals surface area contributed by atoms with E-state index in [-0.39, 0.29) is 22.6 Å². The zero-order valence-corrected chi connectivity index (χ0v) is 20.9. The molecule has 0 radical (unpaired) electrons. The molecular formula is C26H30Cl2F3NO2. The largest absolute Gasteiger partial charge is 0.633 e. The maximum absolute atomic E-state index is 13.5. The van der Waals surface area contributed by atoms with Gasteiger partial charge in [-0.05, 0) is 64.9 Å². The first-order chi connectivity index (χ1) is 16.0. The Balaban J connectivity index is 2.06. The number of halogens is 5. The van der Waals surface area contributed by atoms with Crippen molar-refractivity contribution >= 4 is 44.7 Å². The molecule has 8 heteroatoms. The van der Waals surface area contributed by atoms with Crippen molar-refractivity contribution in [2.24, 2.45) is 0 Å². The summed E-state index contributed by atoms with van der Waals surface area (Å²) in [6.45, 7) is 5.27. The zero-order chi connectivity index (χ0) is 25.1. The van der Waals surface area contributed by atoms with Crippen molar-refractivity contribution < 1.29 is 22.9 Å². The summed E-state index contributed by atoms with van der Waals surface area (Å²) in [5.74, 6) is 0. The zero-order valence-electron chi connectivity index (χ0n) is 19.4. The fraction of sp³-hybridized carbons (Fsp3) is 0.462. The summed E-state index contributed by atoms with van der Waals surface area (Å²) < 4.78 is 40.0. The molecule has 0 heterocycles. The molecule has 0 aliphatic carbocycles. The van der Waals surface area contributed by atoms with Gasteiger partial charge in [0, 0.05) is 21.9 Å². The van der Waals surface area contributed by atoms with Crippen LogP contribution in [0.25, 0.3) is 21.5 Å². The van der Waals surface area contributed by atoms with Gasteiger partial charge >= 0.3 is 6.18 Å². The highest BCUT2D eigenvalue weighted by atomic mass is 35.5. The van der Waals surface area contributed by atoms with Crippen LogP contribution >= 0.6 is 23.2 Å². The van der Waals surface area contributed by atoms with Gasteiger partial charge in [0.1, 0.15) is 0 Å². The number of hydrogen-bond acceptors (Lipinski definition) is 2. The molecule has 0 bridgehead atoms. The first-order valence-electron chi connectivity index (χ1n) is 11.7. The topological polar surface area (TPSA) is 43.3 Å². The Kier molecular flexibility index (Phi) is 8.75. The van der Waals surface area contributed by atoms with Crippen molar-refractivity contribution in [2.75, 3.05) is 19.6 Å². The first kappa shape index (κ1) is 27.0. The molecule has 1 unspecified atom stereocenters. The molecule has 0 saturated carbocycles. The molecule has 3 rings (SSSR count). The SMILES string of the molecule is CCCC[N+]([O-])(CCCC)CCC(O)c1cc2c(Cl)cc(Cl)cc2c2cc(C(F)(F)F)ccc12. The van der Waals surface area contributed by atoms with E-state index in [0.717, 1.165) is 37.8 Å². The number of alkyl halides is 3. The molecule has 0 saturated heterocycles. The van der Waals surface area contributed by atoms with E-state index < -0.39 is 17.8 Å². The lowest BCUT2D eigenvalue weighted by molar-refractivity contribution is -0.881. The first-order valence-corrected chi connectivity index (χ1v) is 12.4. The summed E-state index contributed by atoms with van der Waals surface area (Å²) in [6, 6.07) is 8.25. The Morgan fingerprint density at radius 1 is 0.882 bits per heavy atom. The minimum atomic E-state index is -4.52. The molecule has 0 spiro atoms. The normalized spacial score (nSPS) is 13.7. The van der Waals surface area contributed by atoms with Gasteiger partial charge in [-0.3, -0.25) is 0 Å². The van der Waals surface area contributed by atoms with Gasteiger partial charge in [0.25, 0.3) is 0 Å². The number of quaternary nitrogens is 1. The van der Waals surface area contributed by atoms with Crippen LogP contribution in [0.1, 0.15) is 63.2 Å². The standard InChI is InChI=1S/C26H30Cl2F3NO2/c1-3-5-10-32(34,11-6-4-2)12-9-25(33)23-16-22-21(14-18(27)15-24(22)28)20-13-17(26(29,30)31)7-8-19(20)23/h7-8,13-16,25,33H,3-6,9-12H2,1-2H3. The number of nitrogens with zero attached hydrogens (tertiary/aromatic N) is 1. The second-order valence-electron chi connectivity index (χ2n) is 8.95. The average Bonchev–Trinajstić information content (AvgIpc) is 2.78. The van der Waals surface area contributed by atoms with Crippen LogP contribution < -0.4 is 0 Å². The maximum atomic E-state index is 13.5. The number of aliphatic hydroxyl groups excluding tert-OH is 1. The number of hydroxylamine groups is 3. The fourth-order valence-corrected chi connectivity index (χ4v) is 4.95. The molecule has 0 fully saturated rings. The van der Waals surface area contributed by atoms with E-state index in [2.05, 4.69) is 0 Å². The van der Waals surface area contributed by atoms with Gasteiger partial charge in [-0.2, -0.15) is 13.2 Å². The third-order valence-corrected chi connectivity index (χ3v) is 6.88. The van der Waals surface area contributed by atoms with Crippen molar-refractivity contribution in [1.29, 1.82) is 0 Å². The van der Waals surface area contributed by atoms with Crippen LogP contribution in [-0.2, 0) is 6.18 Å². The van der Waals surface area contributed by atoms with Gasteiger partial charge in [-0.15, -0.1) is 0 Å². The summed E-state index contributed by atoms with van der Waals surface area (Å²) in [7, 11) is 0. The molecule has 0 aromatic heterocycles. The van der Waals surface area contributed by atoms with Crippen LogP contribution in [0.3, 0.4) is 0 Å². The smallest absolute Gasteiger partial charge is 0.416 e. The van der Waals surface area contributed by atoms with E-state index in [4.69, 9.17) is 23.2 Å². The predicted molar refractivity (Wildman–Crippen MR) is 134 cm³/mol. The highest BCUT2D eigenvalue weighted by Gasteiger charge is 2.31. The molecule has 0 aliphatic rings. The van der Waals surface area contributed by atoms with E-state index >= 15 is 0 Å². The Hall–Kier alpha value is -1.57. The third kappa shape index (κ3) is 6.16. The number of benzene rings is 3. The van der Waals surface area contributed by atoms with Crippen molar-refractivity contribution in [1.82, 2.24) is 0 Å². The number of unbranched alkanes of at least 4 members (excludes halogenated alkanes) is 2. The molecule has 34 heavy (non-hydrogen) atoms. The third-order valence-electron chi connectivity index (χ3n) is 6.35. The quantitative estimate of drug-likeness (QED) is 0.167. The molecule has 3 nitrogen and oxygen atoms in total. The molecule has 0 aliphatic heterocycles. The molecule has 3 aromatic carbocycles. The van der Waals surface area contributed by atoms with Crippen molar-refractivity contribution in [3.63, 3.8) is 0 Å². The molecule has 1 atom stereocenters. The number of hydrogen-bond donors (Lipinski definition) is 1. The fourth-order valence-electron chi connectivity index (χ4n) is 4.40. The van der Waals surface area contributed by atoms with Crippen LogP contribution in [0.15, 0.2) is 36.4 Å². The Morgan fingerprint density at radius 3 is 2.09 bits per heavy atom. The van der Waals surface area contributed by atoms with Crippen molar-refractivity contribution in [3.05, 3.63) is 62.8 Å². The summed E-state index contributed by atoms with van der Waals surface area (Å²) in [5, 5.41) is 26.8. The minimum Gasteiger partial charge on any atom is -0.633 e. The second-order valence-corrected chi connectivity index (χ2v) is 9.79. The molecule has 3 aromatic rings. The van der Waals surface area contributed by atoms with Gasteiger partial charge in [-0.1, -0.05) is 56.0 Å². The van der Waals surface area contributed by atoms with Crippen LogP contribution in [0.5, 0.6) is 0 Å². The Morgan fingerprint density at radius 2 is 1.50 bits per heavy atom. The molecular weight excluding hydrogens is 486 g/mol. The Labute approximate surface area is 208 Å². The molecule has 1 N–H and O–H groups in total. The van der Waals surface area contributed by atoms with E-state index in [1.807, 2.05) is 13.8 Å². The van der Waals surface area contributed by atoms with E-state index in [9.17, 15) is 23.5 Å². The summed E-state index contributed by atoms with van der Waals surface area (Å²) in [4.78, 5) is 0. The highest BCUT2D eigenvalue weighted by molar-refractivity contribution is 6.39. The van der Waals surface area contributed by atoms with Gasteiger partial charge in [0.2, 0.25) is 0 Å². The minimum absolute atomic E-state index is 0.198. The predicted octanol–water partition coefficient (Wildman–Crippen LogP) is 8.66. The number of rotatable bonds is 10. The average molecular weight is 516 g/mol. The van der Waals surface area contributed by atoms with Crippen molar-refractivity contribution in [3.8, 4) is 0 Å². The van der Waals surface area contributed by atoms with E-state index in [1.165, 1.54) is 12.1 Å². The monoisotopic (exact) mass is 515 g/mol. The maximum Gasteiger partial charge on any atom is 0.416 e. The van der Waals surface area contributed by atoms with Gasteiger partial charge in [0.15, 0.2) is 0 Å². The van der Waals surface area contributed by atoms with Crippen LogP contribution in [0, 0.1) is 5.21 Å². The lowest BCUT2D eigenvalue weighted by atomic mass is 9.92. The molecule has 186 valence electrons. The second kappa shape index (κ2) is 11.0. The summed E-state index contributed by atoms with van der Waals surface area (Å²) >= 11 is 12.5. The van der Waals surface area contributed by atoms with Crippen molar-refractivity contribution in [2.45, 2.75) is 58.2 Å². The van der Waals surface area contributed by atoms with E-state index in [1.54, 1.807) is 12.1 Å². The summed E-state index contributed by atoms with van der Waals surface area (Å²) in [5.41, 5.74) is -0.337. The highest BCUT2D eigenvalue weighted by Crippen LogP contribution is 2.40. The van der Waals surface area contributed by atoms with Gasteiger partial charge < -0.3 is 15.0 Å².